The molecular formula is C23H20N2O4. The molecule has 0 aliphatic rings. The second-order valence-electron chi connectivity index (χ2n) is 6.27. The minimum absolute atomic E-state index is 0.300. The van der Waals surface area contributed by atoms with E-state index in [-0.39, 0.29) is 5.91 Å². The van der Waals surface area contributed by atoms with E-state index < -0.39 is 17.8 Å². The lowest BCUT2D eigenvalue weighted by Gasteiger charge is -2.18. The van der Waals surface area contributed by atoms with Gasteiger partial charge >= 0.3 is 5.97 Å². The standard InChI is InChI=1S/C23H20N2O4/c1-29-23(28)19-14-12-18(13-15-19)21(26)24-25-22(27)20(16-8-4-2-5-9-16)17-10-6-3-7-11-17/h2-15,20H,1H3,(H,24,26)(H,25,27). The summed E-state index contributed by atoms with van der Waals surface area (Å²) in [6.45, 7) is 0. The second kappa shape index (κ2) is 9.32. The fraction of sp³-hybridized carbons (Fsp3) is 0.0870. The van der Waals surface area contributed by atoms with E-state index in [0.29, 0.717) is 11.1 Å². The molecule has 0 aliphatic heterocycles. The van der Waals surface area contributed by atoms with Crippen molar-refractivity contribution in [2.24, 2.45) is 0 Å². The van der Waals surface area contributed by atoms with Crippen molar-refractivity contribution < 1.29 is 19.1 Å². The molecule has 0 heterocycles. The van der Waals surface area contributed by atoms with Crippen molar-refractivity contribution in [2.75, 3.05) is 7.11 Å². The van der Waals surface area contributed by atoms with Crippen LogP contribution in [0.3, 0.4) is 0 Å². The molecule has 0 spiro atoms. The maximum atomic E-state index is 12.9. The van der Waals surface area contributed by atoms with Gasteiger partial charge in [0.25, 0.3) is 5.91 Å². The van der Waals surface area contributed by atoms with Crippen LogP contribution >= 0.6 is 0 Å². The lowest BCUT2D eigenvalue weighted by Crippen LogP contribution is -2.44. The molecule has 0 aromatic heterocycles. The second-order valence-corrected chi connectivity index (χ2v) is 6.27. The van der Waals surface area contributed by atoms with Crippen molar-refractivity contribution >= 4 is 17.8 Å². The molecule has 29 heavy (non-hydrogen) atoms. The molecule has 146 valence electrons. The van der Waals surface area contributed by atoms with Crippen molar-refractivity contribution in [1.29, 1.82) is 0 Å². The lowest BCUT2D eigenvalue weighted by molar-refractivity contribution is -0.122. The van der Waals surface area contributed by atoms with E-state index in [1.165, 1.54) is 31.4 Å². The number of nitrogens with one attached hydrogen (secondary N) is 2. The van der Waals surface area contributed by atoms with Gasteiger partial charge in [0.2, 0.25) is 5.91 Å². The fourth-order valence-corrected chi connectivity index (χ4v) is 2.92. The van der Waals surface area contributed by atoms with Gasteiger partial charge in [0.15, 0.2) is 0 Å². The van der Waals surface area contributed by atoms with Gasteiger partial charge in [-0.3, -0.25) is 20.4 Å². The Labute approximate surface area is 168 Å². The van der Waals surface area contributed by atoms with Crippen LogP contribution in [0.15, 0.2) is 84.9 Å². The summed E-state index contributed by atoms with van der Waals surface area (Å²) >= 11 is 0. The smallest absolute Gasteiger partial charge is 0.337 e. The van der Waals surface area contributed by atoms with Gasteiger partial charge in [0.05, 0.1) is 18.6 Å². The van der Waals surface area contributed by atoms with Crippen LogP contribution in [0.1, 0.15) is 37.8 Å². The number of rotatable bonds is 5. The number of esters is 1. The molecule has 3 aromatic rings. The van der Waals surface area contributed by atoms with Crippen LogP contribution in [0.4, 0.5) is 0 Å². The van der Waals surface area contributed by atoms with Gasteiger partial charge in [-0.2, -0.15) is 0 Å². The highest BCUT2D eigenvalue weighted by Crippen LogP contribution is 2.24. The average molecular weight is 388 g/mol. The normalized spacial score (nSPS) is 10.3. The van der Waals surface area contributed by atoms with E-state index in [4.69, 9.17) is 0 Å². The zero-order valence-electron chi connectivity index (χ0n) is 15.8. The molecular weight excluding hydrogens is 368 g/mol. The summed E-state index contributed by atoms with van der Waals surface area (Å²) in [6.07, 6.45) is 0. The van der Waals surface area contributed by atoms with Gasteiger partial charge in [0, 0.05) is 5.56 Å². The Morgan fingerprint density at radius 3 is 1.66 bits per heavy atom. The monoisotopic (exact) mass is 388 g/mol. The quantitative estimate of drug-likeness (QED) is 0.520. The highest BCUT2D eigenvalue weighted by molar-refractivity contribution is 5.97. The van der Waals surface area contributed by atoms with Gasteiger partial charge in [-0.05, 0) is 35.4 Å². The molecule has 0 fully saturated rings. The first-order valence-corrected chi connectivity index (χ1v) is 8.98. The SMILES string of the molecule is COC(=O)c1ccc(C(=O)NNC(=O)C(c2ccccc2)c2ccccc2)cc1. The number of methoxy groups -OCH3 is 1. The number of hydrogen-bond donors (Lipinski definition) is 2. The molecule has 0 saturated carbocycles. The molecule has 0 aliphatic carbocycles. The predicted octanol–water partition coefficient (Wildman–Crippen LogP) is 3.07. The van der Waals surface area contributed by atoms with Crippen LogP contribution in [0, 0.1) is 0 Å². The van der Waals surface area contributed by atoms with Gasteiger partial charge in [-0.1, -0.05) is 60.7 Å². The first-order valence-electron chi connectivity index (χ1n) is 8.98. The van der Waals surface area contributed by atoms with Crippen LogP contribution in [0.2, 0.25) is 0 Å². The molecule has 0 unspecified atom stereocenters. The van der Waals surface area contributed by atoms with Crippen molar-refractivity contribution in [2.45, 2.75) is 5.92 Å². The third-order valence-corrected chi connectivity index (χ3v) is 4.40. The van der Waals surface area contributed by atoms with Crippen molar-refractivity contribution in [3.05, 3.63) is 107 Å². The lowest BCUT2D eigenvalue weighted by atomic mass is 9.91. The average Bonchev–Trinajstić information content (AvgIpc) is 2.78. The van der Waals surface area contributed by atoms with Crippen molar-refractivity contribution in [3.8, 4) is 0 Å². The Morgan fingerprint density at radius 2 is 1.17 bits per heavy atom. The number of carbonyl (C=O) groups excluding carboxylic acids is 3. The fourth-order valence-electron chi connectivity index (χ4n) is 2.92. The Balaban J connectivity index is 1.72. The first-order chi connectivity index (χ1) is 14.1. The third kappa shape index (κ3) is 4.87. The zero-order chi connectivity index (χ0) is 20.6. The van der Waals surface area contributed by atoms with E-state index in [9.17, 15) is 14.4 Å². The van der Waals surface area contributed by atoms with E-state index in [1.807, 2.05) is 60.7 Å². The molecule has 2 N–H and O–H groups in total. The Kier molecular flexibility index (Phi) is 6.37. The van der Waals surface area contributed by atoms with Crippen LogP contribution in [0.25, 0.3) is 0 Å². The topological polar surface area (TPSA) is 84.5 Å². The maximum absolute atomic E-state index is 12.9. The van der Waals surface area contributed by atoms with E-state index >= 15 is 0 Å². The van der Waals surface area contributed by atoms with E-state index in [0.717, 1.165) is 11.1 Å². The summed E-state index contributed by atoms with van der Waals surface area (Å²) < 4.78 is 4.63. The molecule has 6 nitrogen and oxygen atoms in total. The largest absolute Gasteiger partial charge is 0.465 e. The van der Waals surface area contributed by atoms with Crippen molar-refractivity contribution in [3.63, 3.8) is 0 Å². The highest BCUT2D eigenvalue weighted by atomic mass is 16.5. The number of carbonyl (C=O) groups is 3. The number of benzene rings is 3. The van der Waals surface area contributed by atoms with E-state index in [2.05, 4.69) is 15.6 Å². The van der Waals surface area contributed by atoms with E-state index in [1.54, 1.807) is 0 Å². The molecule has 0 atom stereocenters. The summed E-state index contributed by atoms with van der Waals surface area (Å²) in [5, 5.41) is 0. The summed E-state index contributed by atoms with van der Waals surface area (Å²) in [7, 11) is 1.29. The number of ether oxygens (including phenoxy) is 1. The van der Waals surface area contributed by atoms with Crippen molar-refractivity contribution in [1.82, 2.24) is 10.9 Å². The van der Waals surface area contributed by atoms with Crippen LogP contribution in [-0.2, 0) is 9.53 Å². The Hall–Kier alpha value is -3.93. The molecule has 6 heteroatoms. The summed E-state index contributed by atoms with van der Waals surface area (Å²) in [4.78, 5) is 36.7. The predicted molar refractivity (Wildman–Crippen MR) is 108 cm³/mol. The summed E-state index contributed by atoms with van der Waals surface area (Å²) in [6, 6.07) is 24.6. The summed E-state index contributed by atoms with van der Waals surface area (Å²) in [5.41, 5.74) is 7.18. The maximum Gasteiger partial charge on any atom is 0.337 e. The first kappa shape index (κ1) is 19.8. The molecule has 0 bridgehead atoms. The van der Waals surface area contributed by atoms with Gasteiger partial charge in [0.1, 0.15) is 0 Å². The van der Waals surface area contributed by atoms with Crippen LogP contribution in [0.5, 0.6) is 0 Å². The molecule has 0 radical (unpaired) electrons. The van der Waals surface area contributed by atoms with Gasteiger partial charge in [-0.15, -0.1) is 0 Å². The van der Waals surface area contributed by atoms with Gasteiger partial charge in [-0.25, -0.2) is 4.79 Å². The molecule has 2 amide bonds. The number of hydrazine groups is 1. The van der Waals surface area contributed by atoms with Crippen LogP contribution in [-0.4, -0.2) is 24.9 Å². The Bertz CT molecular complexity index is 947. The Morgan fingerprint density at radius 1 is 0.690 bits per heavy atom. The molecule has 0 saturated heterocycles. The molecule has 3 rings (SSSR count). The minimum atomic E-state index is -0.570. The molecule has 3 aromatic carbocycles. The van der Waals surface area contributed by atoms with Crippen LogP contribution < -0.4 is 10.9 Å². The summed E-state index contributed by atoms with van der Waals surface area (Å²) in [5.74, 6) is -1.91. The number of amides is 2. The number of hydrogen-bond acceptors (Lipinski definition) is 4. The van der Waals surface area contributed by atoms with Gasteiger partial charge < -0.3 is 4.74 Å². The highest BCUT2D eigenvalue weighted by Gasteiger charge is 2.23. The minimum Gasteiger partial charge on any atom is -0.465 e. The zero-order valence-corrected chi connectivity index (χ0v) is 15.8. The third-order valence-electron chi connectivity index (χ3n) is 4.40.